The molecule has 0 aliphatic rings. The number of rotatable bonds is 9. The van der Waals surface area contributed by atoms with Gasteiger partial charge in [0.05, 0.1) is 5.75 Å². The predicted molar refractivity (Wildman–Crippen MR) is 123 cm³/mol. The third-order valence-corrected chi connectivity index (χ3v) is 6.48. The van der Waals surface area contributed by atoms with Crippen LogP contribution in [-0.2, 0) is 23.5 Å². The highest BCUT2D eigenvalue weighted by molar-refractivity contribution is 7.99. The van der Waals surface area contributed by atoms with Crippen LogP contribution >= 0.6 is 23.1 Å². The van der Waals surface area contributed by atoms with E-state index in [0.717, 1.165) is 28.2 Å². The van der Waals surface area contributed by atoms with Gasteiger partial charge < -0.3 is 10.6 Å². The van der Waals surface area contributed by atoms with Gasteiger partial charge in [0.25, 0.3) is 5.91 Å². The van der Waals surface area contributed by atoms with Gasteiger partial charge in [0, 0.05) is 18.0 Å². The van der Waals surface area contributed by atoms with Crippen LogP contribution in [0.15, 0.2) is 48.5 Å². The highest BCUT2D eigenvalue weighted by atomic mass is 32.2. The minimum atomic E-state index is -0.273. The summed E-state index contributed by atoms with van der Waals surface area (Å²) in [4.78, 5) is 24.4. The zero-order chi connectivity index (χ0) is 21.3. The van der Waals surface area contributed by atoms with Crippen molar-refractivity contribution in [3.05, 3.63) is 75.2 Å². The number of hydrogen-bond donors (Lipinski definition) is 2. The molecule has 3 rings (SSSR count). The second-order valence-corrected chi connectivity index (χ2v) is 8.76. The quantitative estimate of drug-likeness (QED) is 0.521. The van der Waals surface area contributed by atoms with Crippen molar-refractivity contribution in [1.82, 2.24) is 15.5 Å². The Morgan fingerprint density at radius 3 is 2.50 bits per heavy atom. The molecule has 2 amide bonds. The van der Waals surface area contributed by atoms with Crippen molar-refractivity contribution < 1.29 is 9.59 Å². The van der Waals surface area contributed by atoms with E-state index < -0.39 is 0 Å². The van der Waals surface area contributed by atoms with E-state index in [0.29, 0.717) is 23.1 Å². The van der Waals surface area contributed by atoms with Crippen molar-refractivity contribution in [2.24, 2.45) is 0 Å². The van der Waals surface area contributed by atoms with Crippen molar-refractivity contribution in [3.63, 3.8) is 0 Å². The first-order chi connectivity index (χ1) is 14.5. The molecule has 30 heavy (non-hydrogen) atoms. The molecule has 0 bridgehead atoms. The summed E-state index contributed by atoms with van der Waals surface area (Å²) < 4.78 is 0. The summed E-state index contributed by atoms with van der Waals surface area (Å²) in [5.41, 5.74) is 4.11. The first-order valence-electron chi connectivity index (χ1n) is 9.66. The summed E-state index contributed by atoms with van der Waals surface area (Å²) in [6.07, 6.45) is 1.00. The summed E-state index contributed by atoms with van der Waals surface area (Å²) in [6.45, 7) is 4.57. The second-order valence-electron chi connectivity index (χ2n) is 6.71. The fraction of sp³-hybridized carbons (Fsp3) is 0.273. The molecule has 0 atom stereocenters. The number of aryl methyl sites for hydroxylation is 2. The van der Waals surface area contributed by atoms with E-state index in [2.05, 4.69) is 39.9 Å². The number of nitrogens with zero attached hydrogens (tertiary/aromatic N) is 2. The van der Waals surface area contributed by atoms with Gasteiger partial charge in [-0.1, -0.05) is 60.7 Å². The molecule has 0 unspecified atom stereocenters. The van der Waals surface area contributed by atoms with Gasteiger partial charge in [0.15, 0.2) is 0 Å². The highest BCUT2D eigenvalue weighted by Crippen LogP contribution is 2.19. The molecule has 8 heteroatoms. The topological polar surface area (TPSA) is 84.0 Å². The van der Waals surface area contributed by atoms with Crippen molar-refractivity contribution >= 4 is 40.6 Å². The lowest BCUT2D eigenvalue weighted by Crippen LogP contribution is -2.24. The van der Waals surface area contributed by atoms with Crippen LogP contribution < -0.4 is 10.6 Å². The minimum Gasteiger partial charge on any atom is -0.351 e. The molecule has 0 spiro atoms. The molecule has 3 aromatic rings. The number of amides is 2. The Morgan fingerprint density at radius 1 is 1.03 bits per heavy atom. The Hall–Kier alpha value is -2.71. The van der Waals surface area contributed by atoms with Gasteiger partial charge in [-0.25, -0.2) is 0 Å². The summed E-state index contributed by atoms with van der Waals surface area (Å²) >= 11 is 2.70. The van der Waals surface area contributed by atoms with Crippen LogP contribution in [0.4, 0.5) is 5.69 Å². The molecule has 1 aromatic heterocycles. The fourth-order valence-corrected chi connectivity index (χ4v) is 4.31. The number of thioether (sulfide) groups is 1. The van der Waals surface area contributed by atoms with Gasteiger partial charge >= 0.3 is 0 Å². The summed E-state index contributed by atoms with van der Waals surface area (Å²) in [6, 6.07) is 15.8. The van der Waals surface area contributed by atoms with Gasteiger partial charge in [0.1, 0.15) is 5.01 Å². The Kier molecular flexibility index (Phi) is 7.98. The molecule has 0 radical (unpaired) electrons. The number of benzene rings is 2. The highest BCUT2D eigenvalue weighted by Gasteiger charge is 2.14. The van der Waals surface area contributed by atoms with Crippen LogP contribution in [0, 0.1) is 6.92 Å². The summed E-state index contributed by atoms with van der Waals surface area (Å²) in [5.74, 6) is 0.567. The maximum absolute atomic E-state index is 12.3. The monoisotopic (exact) mass is 440 g/mol. The molecule has 2 N–H and O–H groups in total. The van der Waals surface area contributed by atoms with Crippen molar-refractivity contribution in [2.75, 3.05) is 11.1 Å². The van der Waals surface area contributed by atoms with Crippen LogP contribution in [-0.4, -0.2) is 27.8 Å². The van der Waals surface area contributed by atoms with Gasteiger partial charge in [-0.3, -0.25) is 9.59 Å². The van der Waals surface area contributed by atoms with Crippen LogP contribution in [0.2, 0.25) is 0 Å². The zero-order valence-corrected chi connectivity index (χ0v) is 18.6. The van der Waals surface area contributed by atoms with E-state index in [1.165, 1.54) is 28.7 Å². The Labute approximate surface area is 184 Å². The molecule has 2 aromatic carbocycles. The van der Waals surface area contributed by atoms with E-state index in [4.69, 9.17) is 0 Å². The molecular formula is C22H24N4O2S2. The Bertz CT molecular complexity index is 1000. The third-order valence-electron chi connectivity index (χ3n) is 4.43. The number of hydrogen-bond acceptors (Lipinski definition) is 6. The summed E-state index contributed by atoms with van der Waals surface area (Å²) in [5, 5.41) is 14.8. The van der Waals surface area contributed by atoms with Crippen molar-refractivity contribution in [1.29, 1.82) is 0 Å². The van der Waals surface area contributed by atoms with E-state index in [1.54, 1.807) is 0 Å². The number of carbonyl (C=O) groups is 2. The number of anilines is 1. The van der Waals surface area contributed by atoms with Crippen LogP contribution in [0.3, 0.4) is 0 Å². The lowest BCUT2D eigenvalue weighted by atomic mass is 10.1. The van der Waals surface area contributed by atoms with Gasteiger partial charge in [0.2, 0.25) is 10.9 Å². The molecule has 0 aliphatic carbocycles. The van der Waals surface area contributed by atoms with Crippen molar-refractivity contribution in [2.45, 2.75) is 32.6 Å². The molecule has 156 valence electrons. The van der Waals surface area contributed by atoms with Gasteiger partial charge in [-0.05, 0) is 36.1 Å². The number of carbonyl (C=O) groups excluding carboxylic acids is 2. The average Bonchev–Trinajstić information content (AvgIpc) is 3.23. The smallest absolute Gasteiger partial charge is 0.286 e. The van der Waals surface area contributed by atoms with Crippen LogP contribution in [0.25, 0.3) is 0 Å². The normalized spacial score (nSPS) is 10.6. The predicted octanol–water partition coefficient (Wildman–Crippen LogP) is 4.21. The Morgan fingerprint density at radius 2 is 1.77 bits per heavy atom. The molecule has 0 aliphatic heterocycles. The SMILES string of the molecule is CCc1ccc(CNC(=O)CSCc2nnc(C(=O)Nc3ccccc3C)s2)cc1. The van der Waals surface area contributed by atoms with Gasteiger partial charge in [-0.2, -0.15) is 0 Å². The van der Waals surface area contributed by atoms with Crippen LogP contribution in [0.5, 0.6) is 0 Å². The molecule has 1 heterocycles. The summed E-state index contributed by atoms with van der Waals surface area (Å²) in [7, 11) is 0. The molecule has 0 saturated carbocycles. The second kappa shape index (κ2) is 10.9. The largest absolute Gasteiger partial charge is 0.351 e. The van der Waals surface area contributed by atoms with Gasteiger partial charge in [-0.15, -0.1) is 22.0 Å². The van der Waals surface area contributed by atoms with E-state index in [-0.39, 0.29) is 11.8 Å². The van der Waals surface area contributed by atoms with E-state index >= 15 is 0 Å². The van der Waals surface area contributed by atoms with E-state index in [1.807, 2.05) is 43.3 Å². The third kappa shape index (κ3) is 6.40. The maximum atomic E-state index is 12.3. The molecule has 6 nitrogen and oxygen atoms in total. The molecular weight excluding hydrogens is 416 g/mol. The first kappa shape index (κ1) is 22.0. The molecule has 0 fully saturated rings. The number of aromatic nitrogens is 2. The van der Waals surface area contributed by atoms with Crippen LogP contribution in [0.1, 0.15) is 38.4 Å². The number of nitrogens with one attached hydrogen (secondary N) is 2. The first-order valence-corrected chi connectivity index (χ1v) is 11.6. The lowest BCUT2D eigenvalue weighted by molar-refractivity contribution is -0.118. The molecule has 0 saturated heterocycles. The average molecular weight is 441 g/mol. The Balaban J connectivity index is 1.41. The lowest BCUT2D eigenvalue weighted by Gasteiger charge is -2.06. The standard InChI is InChI=1S/C22H24N4O2S2/c1-3-16-8-10-17(11-9-16)12-23-19(27)13-29-14-20-25-26-22(30-20)21(28)24-18-7-5-4-6-15(18)2/h4-11H,3,12-14H2,1-2H3,(H,23,27)(H,24,28). The number of para-hydroxylation sites is 1. The minimum absolute atomic E-state index is 0.0263. The van der Waals surface area contributed by atoms with E-state index in [9.17, 15) is 9.59 Å². The van der Waals surface area contributed by atoms with Crippen molar-refractivity contribution in [3.8, 4) is 0 Å². The zero-order valence-electron chi connectivity index (χ0n) is 17.0. The fourth-order valence-electron chi connectivity index (χ4n) is 2.67. The maximum Gasteiger partial charge on any atom is 0.286 e.